The second kappa shape index (κ2) is 7.03. The Hall–Kier alpha value is -2.47. The molecule has 136 valence electrons. The van der Waals surface area contributed by atoms with E-state index in [1.165, 1.54) is 6.07 Å². The zero-order valence-corrected chi connectivity index (χ0v) is 15.1. The minimum absolute atomic E-state index is 0.276. The van der Waals surface area contributed by atoms with Crippen LogP contribution in [-0.4, -0.2) is 22.4 Å². The maximum absolute atomic E-state index is 12.7. The molecule has 7 heteroatoms. The molecule has 0 aliphatic rings. The van der Waals surface area contributed by atoms with Crippen LogP contribution < -0.4 is 5.32 Å². The lowest BCUT2D eigenvalue weighted by molar-refractivity contribution is 0.0945. The molecule has 0 atom stereocenters. The number of hydrogen-bond acceptors (Lipinski definition) is 2. The van der Waals surface area contributed by atoms with Gasteiger partial charge in [-0.25, -0.2) is 13.8 Å². The van der Waals surface area contributed by atoms with Crippen molar-refractivity contribution in [1.29, 1.82) is 0 Å². The first kappa shape index (κ1) is 18.3. The van der Waals surface area contributed by atoms with Crippen molar-refractivity contribution in [2.24, 2.45) is 0 Å². The van der Waals surface area contributed by atoms with Gasteiger partial charge in [-0.1, -0.05) is 37.6 Å². The molecular weight excluding hydrogens is 360 g/mol. The number of aromatic amines is 1. The Kier molecular flexibility index (Phi) is 4.96. The van der Waals surface area contributed by atoms with Crippen molar-refractivity contribution in [3.63, 3.8) is 0 Å². The van der Waals surface area contributed by atoms with Gasteiger partial charge in [0.15, 0.2) is 5.82 Å². The summed E-state index contributed by atoms with van der Waals surface area (Å²) >= 11 is 5.91. The van der Waals surface area contributed by atoms with Crippen molar-refractivity contribution in [3.05, 3.63) is 64.4 Å². The third-order valence-electron chi connectivity index (χ3n) is 4.29. The highest BCUT2D eigenvalue weighted by Gasteiger charge is 2.22. The fraction of sp³-hybridized carbons (Fsp3) is 0.263. The van der Waals surface area contributed by atoms with Crippen LogP contribution >= 0.6 is 11.6 Å². The molecule has 4 nitrogen and oxygen atoms in total. The Morgan fingerprint density at radius 2 is 1.92 bits per heavy atom. The summed E-state index contributed by atoms with van der Waals surface area (Å²) in [6.07, 6.45) is -2.68. The van der Waals surface area contributed by atoms with Gasteiger partial charge in [0.05, 0.1) is 11.0 Å². The number of halogens is 3. The number of H-pyrrole nitrogens is 1. The third kappa shape index (κ3) is 3.85. The Bertz CT molecular complexity index is 936. The minimum atomic E-state index is -2.68. The van der Waals surface area contributed by atoms with Gasteiger partial charge in [0.2, 0.25) is 0 Å². The number of carbonyl (C=O) groups excluding carboxylic acids is 1. The number of amides is 1. The van der Waals surface area contributed by atoms with E-state index in [1.807, 2.05) is 38.1 Å². The molecule has 1 amide bonds. The Morgan fingerprint density at radius 1 is 1.23 bits per heavy atom. The smallest absolute Gasteiger partial charge is 0.295 e. The molecule has 3 rings (SSSR count). The van der Waals surface area contributed by atoms with Crippen LogP contribution in [0.15, 0.2) is 42.5 Å². The molecular formula is C19H18ClF2N3O. The number of nitrogens with zero attached hydrogens (tertiary/aromatic N) is 1. The van der Waals surface area contributed by atoms with Crippen molar-refractivity contribution in [3.8, 4) is 0 Å². The van der Waals surface area contributed by atoms with E-state index in [2.05, 4.69) is 15.3 Å². The first-order valence-electron chi connectivity index (χ1n) is 8.08. The molecule has 0 saturated heterocycles. The lowest BCUT2D eigenvalue weighted by Gasteiger charge is -2.25. The lowest BCUT2D eigenvalue weighted by Crippen LogP contribution is -2.36. The van der Waals surface area contributed by atoms with E-state index in [4.69, 9.17) is 11.6 Å². The van der Waals surface area contributed by atoms with Crippen molar-refractivity contribution < 1.29 is 13.6 Å². The highest BCUT2D eigenvalue weighted by molar-refractivity contribution is 6.30. The predicted molar refractivity (Wildman–Crippen MR) is 97.9 cm³/mol. The zero-order chi connectivity index (χ0) is 18.9. The summed E-state index contributed by atoms with van der Waals surface area (Å²) in [6, 6.07) is 12.1. The summed E-state index contributed by atoms with van der Waals surface area (Å²) in [6.45, 7) is 4.45. The van der Waals surface area contributed by atoms with E-state index in [9.17, 15) is 13.6 Å². The average molecular weight is 378 g/mol. The van der Waals surface area contributed by atoms with E-state index in [-0.39, 0.29) is 11.3 Å². The molecule has 0 saturated carbocycles. The molecule has 0 radical (unpaired) electrons. The van der Waals surface area contributed by atoms with Gasteiger partial charge in [0, 0.05) is 22.5 Å². The predicted octanol–water partition coefficient (Wildman–Crippen LogP) is 4.86. The van der Waals surface area contributed by atoms with Crippen LogP contribution in [0.3, 0.4) is 0 Å². The molecule has 2 N–H and O–H groups in total. The Labute approximate surface area is 154 Å². The van der Waals surface area contributed by atoms with Gasteiger partial charge < -0.3 is 10.3 Å². The lowest BCUT2D eigenvalue weighted by atomic mass is 9.84. The van der Waals surface area contributed by atoms with E-state index >= 15 is 0 Å². The molecule has 1 aromatic heterocycles. The van der Waals surface area contributed by atoms with Gasteiger partial charge in [-0.05, 0) is 35.9 Å². The van der Waals surface area contributed by atoms with Crippen LogP contribution in [0.25, 0.3) is 11.0 Å². The van der Waals surface area contributed by atoms with Crippen LogP contribution in [0.4, 0.5) is 8.78 Å². The van der Waals surface area contributed by atoms with Crippen molar-refractivity contribution in [1.82, 2.24) is 15.3 Å². The summed E-state index contributed by atoms with van der Waals surface area (Å²) in [7, 11) is 0. The number of alkyl halides is 2. The maximum atomic E-state index is 12.7. The fourth-order valence-electron chi connectivity index (χ4n) is 2.68. The average Bonchev–Trinajstić information content (AvgIpc) is 3.03. The van der Waals surface area contributed by atoms with Gasteiger partial charge in [0.25, 0.3) is 12.3 Å². The summed E-state index contributed by atoms with van der Waals surface area (Å²) < 4.78 is 25.4. The van der Waals surface area contributed by atoms with E-state index in [1.54, 1.807) is 12.1 Å². The second-order valence-corrected chi connectivity index (χ2v) is 7.16. The van der Waals surface area contributed by atoms with E-state index in [0.29, 0.717) is 28.2 Å². The summed E-state index contributed by atoms with van der Waals surface area (Å²) in [4.78, 5) is 18.8. The van der Waals surface area contributed by atoms with E-state index in [0.717, 1.165) is 5.56 Å². The van der Waals surface area contributed by atoms with Gasteiger partial charge in [-0.3, -0.25) is 4.79 Å². The number of carbonyl (C=O) groups is 1. The molecule has 26 heavy (non-hydrogen) atoms. The zero-order valence-electron chi connectivity index (χ0n) is 14.3. The second-order valence-electron chi connectivity index (χ2n) is 6.73. The van der Waals surface area contributed by atoms with Crippen LogP contribution in [0.1, 0.15) is 42.0 Å². The van der Waals surface area contributed by atoms with Crippen molar-refractivity contribution >= 4 is 28.5 Å². The highest BCUT2D eigenvalue weighted by atomic mass is 35.5. The number of nitrogens with one attached hydrogen (secondary N) is 2. The molecule has 0 unspecified atom stereocenters. The number of aromatic nitrogens is 2. The van der Waals surface area contributed by atoms with Crippen LogP contribution in [0, 0.1) is 0 Å². The first-order valence-corrected chi connectivity index (χ1v) is 8.46. The third-order valence-corrected chi connectivity index (χ3v) is 4.54. The van der Waals surface area contributed by atoms with Crippen LogP contribution in [-0.2, 0) is 5.41 Å². The van der Waals surface area contributed by atoms with Gasteiger partial charge >= 0.3 is 0 Å². The monoisotopic (exact) mass is 377 g/mol. The maximum Gasteiger partial charge on any atom is 0.295 e. The molecule has 0 spiro atoms. The minimum Gasteiger partial charge on any atom is -0.351 e. The Morgan fingerprint density at radius 3 is 2.58 bits per heavy atom. The first-order chi connectivity index (χ1) is 12.3. The molecule has 1 heterocycles. The van der Waals surface area contributed by atoms with E-state index < -0.39 is 12.2 Å². The van der Waals surface area contributed by atoms with Gasteiger partial charge in [-0.2, -0.15) is 0 Å². The Balaban J connectivity index is 1.73. The van der Waals surface area contributed by atoms with Crippen LogP contribution in [0.2, 0.25) is 5.02 Å². The number of rotatable bonds is 5. The molecule has 0 bridgehead atoms. The van der Waals surface area contributed by atoms with Crippen LogP contribution in [0.5, 0.6) is 0 Å². The number of benzene rings is 2. The highest BCUT2D eigenvalue weighted by Crippen LogP contribution is 2.24. The summed E-state index contributed by atoms with van der Waals surface area (Å²) in [5, 5.41) is 3.55. The topological polar surface area (TPSA) is 57.8 Å². The molecule has 3 aromatic rings. The quantitative estimate of drug-likeness (QED) is 0.667. The standard InChI is InChI=1S/C19H18ClF2N3O/c1-19(2,12-4-6-13(20)7-5-12)10-23-18(26)11-3-8-14-15(9-11)25-17(24-14)16(21)22/h3-9,16H,10H2,1-2H3,(H,23,26)(H,24,25). The number of fused-ring (bicyclic) bond motifs is 1. The molecule has 0 aliphatic carbocycles. The normalized spacial score (nSPS) is 11.9. The molecule has 0 fully saturated rings. The number of hydrogen-bond donors (Lipinski definition) is 2. The van der Waals surface area contributed by atoms with Crippen molar-refractivity contribution in [2.45, 2.75) is 25.7 Å². The van der Waals surface area contributed by atoms with Gasteiger partial charge in [-0.15, -0.1) is 0 Å². The summed E-state index contributed by atoms with van der Waals surface area (Å²) in [5.74, 6) is -0.677. The van der Waals surface area contributed by atoms with Gasteiger partial charge in [0.1, 0.15) is 0 Å². The summed E-state index contributed by atoms with van der Waals surface area (Å²) in [5.41, 5.74) is 1.95. The molecule has 2 aromatic carbocycles. The fourth-order valence-corrected chi connectivity index (χ4v) is 2.81. The SMILES string of the molecule is CC(C)(CNC(=O)c1ccc2nc(C(F)F)[nH]c2c1)c1ccc(Cl)cc1. The van der Waals surface area contributed by atoms with Crippen molar-refractivity contribution in [2.75, 3.05) is 6.54 Å². The number of imidazole rings is 1. The largest absolute Gasteiger partial charge is 0.351 e. The molecule has 0 aliphatic heterocycles.